The quantitative estimate of drug-likeness (QED) is 0.651. The number of thiophene rings is 1. The van der Waals surface area contributed by atoms with Gasteiger partial charge in [-0.25, -0.2) is 4.39 Å². The maximum atomic E-state index is 13.5. The molecule has 1 unspecified atom stereocenters. The lowest BCUT2D eigenvalue weighted by Gasteiger charge is -2.16. The van der Waals surface area contributed by atoms with E-state index >= 15 is 0 Å². The first-order valence-electron chi connectivity index (χ1n) is 8.68. The van der Waals surface area contributed by atoms with Gasteiger partial charge in [-0.15, -0.1) is 11.3 Å². The molecule has 0 N–H and O–H groups in total. The number of nitrogens with zero attached hydrogens (tertiary/aromatic N) is 1. The molecule has 0 aliphatic carbocycles. The van der Waals surface area contributed by atoms with Crippen LogP contribution in [0, 0.1) is 12.7 Å². The lowest BCUT2D eigenvalue weighted by atomic mass is 9.98. The fourth-order valence-corrected chi connectivity index (χ4v) is 4.79. The molecular weight excluding hydrogens is 349 g/mol. The van der Waals surface area contributed by atoms with Crippen molar-refractivity contribution in [2.75, 3.05) is 20.2 Å². The average molecular weight is 369 g/mol. The minimum Gasteiger partial charge on any atom is -0.497 e. The number of ether oxygens (including phenoxy) is 1. The van der Waals surface area contributed by atoms with E-state index in [1.54, 1.807) is 13.2 Å². The number of carbonyl (C=O) groups excluding carboxylic acids is 1. The molecule has 1 fully saturated rings. The Labute approximate surface area is 156 Å². The molecule has 0 bridgehead atoms. The van der Waals surface area contributed by atoms with Crippen LogP contribution < -0.4 is 4.74 Å². The molecule has 5 heteroatoms. The van der Waals surface area contributed by atoms with Crippen LogP contribution in [-0.2, 0) is 0 Å². The van der Waals surface area contributed by atoms with Gasteiger partial charge in [0.15, 0.2) is 0 Å². The third-order valence-corrected chi connectivity index (χ3v) is 6.42. The van der Waals surface area contributed by atoms with E-state index in [2.05, 4.69) is 12.1 Å². The number of methoxy groups -OCH3 is 1. The van der Waals surface area contributed by atoms with E-state index in [1.165, 1.54) is 29.0 Å². The number of hydrogen-bond donors (Lipinski definition) is 0. The first-order valence-corrected chi connectivity index (χ1v) is 9.50. The van der Waals surface area contributed by atoms with Crippen LogP contribution in [0.4, 0.5) is 4.39 Å². The third kappa shape index (κ3) is 2.97. The summed E-state index contributed by atoms with van der Waals surface area (Å²) in [7, 11) is 1.66. The van der Waals surface area contributed by atoms with Crippen molar-refractivity contribution >= 4 is 27.3 Å². The Morgan fingerprint density at radius 2 is 2.00 bits per heavy atom. The van der Waals surface area contributed by atoms with E-state index < -0.39 is 0 Å². The minimum atomic E-state index is -0.266. The van der Waals surface area contributed by atoms with Gasteiger partial charge in [0.05, 0.1) is 12.0 Å². The van der Waals surface area contributed by atoms with Gasteiger partial charge in [0, 0.05) is 23.7 Å². The average Bonchev–Trinajstić information content (AvgIpc) is 3.27. The molecule has 1 amide bonds. The largest absolute Gasteiger partial charge is 0.497 e. The Hall–Kier alpha value is -2.40. The first kappa shape index (κ1) is 17.0. The fraction of sp³-hybridized carbons (Fsp3) is 0.286. The molecule has 0 radical (unpaired) electrons. The molecular formula is C21H20FNO2S. The molecule has 1 saturated heterocycles. The lowest BCUT2D eigenvalue weighted by Crippen LogP contribution is -2.28. The van der Waals surface area contributed by atoms with Crippen molar-refractivity contribution in [2.24, 2.45) is 0 Å². The van der Waals surface area contributed by atoms with Gasteiger partial charge >= 0.3 is 0 Å². The summed E-state index contributed by atoms with van der Waals surface area (Å²) >= 11 is 1.46. The Morgan fingerprint density at radius 3 is 2.73 bits per heavy atom. The molecule has 3 nitrogen and oxygen atoms in total. The number of hydrogen-bond acceptors (Lipinski definition) is 3. The minimum absolute atomic E-state index is 0.0557. The lowest BCUT2D eigenvalue weighted by molar-refractivity contribution is 0.0795. The molecule has 1 atom stereocenters. The van der Waals surface area contributed by atoms with E-state index in [9.17, 15) is 9.18 Å². The van der Waals surface area contributed by atoms with Crippen molar-refractivity contribution in [3.63, 3.8) is 0 Å². The highest BCUT2D eigenvalue weighted by molar-refractivity contribution is 7.21. The highest BCUT2D eigenvalue weighted by Gasteiger charge is 2.30. The van der Waals surface area contributed by atoms with Crippen molar-refractivity contribution in [1.82, 2.24) is 4.90 Å². The van der Waals surface area contributed by atoms with E-state index in [4.69, 9.17) is 4.74 Å². The predicted molar refractivity (Wildman–Crippen MR) is 103 cm³/mol. The maximum absolute atomic E-state index is 13.5. The van der Waals surface area contributed by atoms with E-state index in [0.29, 0.717) is 12.5 Å². The van der Waals surface area contributed by atoms with Crippen molar-refractivity contribution in [1.29, 1.82) is 0 Å². The summed E-state index contributed by atoms with van der Waals surface area (Å²) in [6, 6.07) is 12.8. The van der Waals surface area contributed by atoms with Crippen molar-refractivity contribution in [2.45, 2.75) is 19.3 Å². The van der Waals surface area contributed by atoms with Gasteiger partial charge in [0.2, 0.25) is 0 Å². The second kappa shape index (κ2) is 6.72. The Bertz CT molecular complexity index is 964. The van der Waals surface area contributed by atoms with Crippen LogP contribution in [0.15, 0.2) is 42.5 Å². The first-order chi connectivity index (χ1) is 12.6. The fourth-order valence-electron chi connectivity index (χ4n) is 3.63. The highest BCUT2D eigenvalue weighted by Crippen LogP contribution is 2.35. The molecule has 3 aromatic rings. The number of amides is 1. The molecule has 26 heavy (non-hydrogen) atoms. The molecule has 2 aromatic carbocycles. The van der Waals surface area contributed by atoms with Crippen molar-refractivity contribution in [3.8, 4) is 5.75 Å². The van der Waals surface area contributed by atoms with Crippen LogP contribution in [0.25, 0.3) is 10.1 Å². The number of halogens is 1. The smallest absolute Gasteiger partial charge is 0.264 e. The van der Waals surface area contributed by atoms with Gasteiger partial charge in [0.1, 0.15) is 11.6 Å². The van der Waals surface area contributed by atoms with Crippen LogP contribution in [0.5, 0.6) is 5.75 Å². The van der Waals surface area contributed by atoms with Crippen LogP contribution >= 0.6 is 11.3 Å². The Morgan fingerprint density at radius 1 is 1.23 bits per heavy atom. The van der Waals surface area contributed by atoms with Gasteiger partial charge in [-0.2, -0.15) is 0 Å². The second-order valence-electron chi connectivity index (χ2n) is 6.71. The standard InChI is InChI=1S/C21H20FNO2S/c1-13-18-11-16(22)5-8-19(18)26-20(13)21(24)23-10-9-15(12-23)14-3-6-17(25-2)7-4-14/h3-8,11,15H,9-10,12H2,1-2H3. The zero-order chi connectivity index (χ0) is 18.3. The van der Waals surface area contributed by atoms with Crippen LogP contribution in [0.1, 0.15) is 33.1 Å². The molecule has 1 aromatic heterocycles. The van der Waals surface area contributed by atoms with Crippen LogP contribution in [0.3, 0.4) is 0 Å². The number of aryl methyl sites for hydroxylation is 1. The monoisotopic (exact) mass is 369 g/mol. The summed E-state index contributed by atoms with van der Waals surface area (Å²) in [4.78, 5) is 15.7. The molecule has 1 aliphatic heterocycles. The van der Waals surface area contributed by atoms with Crippen LogP contribution in [-0.4, -0.2) is 31.0 Å². The number of likely N-dealkylation sites (tertiary alicyclic amines) is 1. The summed E-state index contributed by atoms with van der Waals surface area (Å²) in [5.41, 5.74) is 2.11. The van der Waals surface area contributed by atoms with Crippen molar-refractivity contribution in [3.05, 3.63) is 64.3 Å². The van der Waals surface area contributed by atoms with E-state index in [0.717, 1.165) is 39.2 Å². The van der Waals surface area contributed by atoms with Crippen LogP contribution in [0.2, 0.25) is 0 Å². The number of rotatable bonds is 3. The Balaban J connectivity index is 1.55. The molecule has 0 spiro atoms. The summed E-state index contributed by atoms with van der Waals surface area (Å²) in [6.45, 7) is 3.37. The van der Waals surface area contributed by atoms with Crippen molar-refractivity contribution < 1.29 is 13.9 Å². The Kier molecular flexibility index (Phi) is 4.41. The van der Waals surface area contributed by atoms with Gasteiger partial charge in [0.25, 0.3) is 5.91 Å². The zero-order valence-corrected chi connectivity index (χ0v) is 15.6. The predicted octanol–water partition coefficient (Wildman–Crippen LogP) is 4.99. The third-order valence-electron chi connectivity index (χ3n) is 5.16. The van der Waals surface area contributed by atoms with E-state index in [1.807, 2.05) is 24.0 Å². The number of benzene rings is 2. The molecule has 1 aliphatic rings. The van der Waals surface area contributed by atoms with E-state index in [-0.39, 0.29) is 11.7 Å². The molecule has 2 heterocycles. The topological polar surface area (TPSA) is 29.5 Å². The zero-order valence-electron chi connectivity index (χ0n) is 14.8. The molecule has 4 rings (SSSR count). The summed E-state index contributed by atoms with van der Waals surface area (Å²) in [5.74, 6) is 0.975. The number of fused-ring (bicyclic) bond motifs is 1. The number of carbonyl (C=O) groups is 1. The van der Waals surface area contributed by atoms with Gasteiger partial charge in [-0.1, -0.05) is 12.1 Å². The maximum Gasteiger partial charge on any atom is 0.264 e. The molecule has 134 valence electrons. The molecule has 0 saturated carbocycles. The van der Waals surface area contributed by atoms with Gasteiger partial charge < -0.3 is 9.64 Å². The highest BCUT2D eigenvalue weighted by atomic mass is 32.1. The summed E-state index contributed by atoms with van der Waals surface area (Å²) < 4.78 is 19.7. The summed E-state index contributed by atoms with van der Waals surface area (Å²) in [6.07, 6.45) is 0.955. The second-order valence-corrected chi connectivity index (χ2v) is 7.76. The summed E-state index contributed by atoms with van der Waals surface area (Å²) in [5, 5.41) is 0.837. The van der Waals surface area contributed by atoms with Gasteiger partial charge in [-0.3, -0.25) is 4.79 Å². The SMILES string of the molecule is COc1ccc(C2CCN(C(=O)c3sc4ccc(F)cc4c3C)C2)cc1. The van der Waals surface area contributed by atoms with Gasteiger partial charge in [-0.05, 0) is 60.2 Å². The normalized spacial score (nSPS) is 17.0.